The molecule has 0 amide bonds. The molecule has 0 aromatic heterocycles. The summed E-state index contributed by atoms with van der Waals surface area (Å²) in [6.45, 7) is 0.181. The smallest absolute Gasteiger partial charge is 0.211 e. The molecule has 1 saturated carbocycles. The summed E-state index contributed by atoms with van der Waals surface area (Å²) in [5, 5.41) is 0.589. The molecule has 0 radical (unpaired) electrons. The van der Waals surface area contributed by atoms with Gasteiger partial charge in [0.2, 0.25) is 20.0 Å². The van der Waals surface area contributed by atoms with Crippen molar-refractivity contribution < 1.29 is 16.8 Å². The van der Waals surface area contributed by atoms with E-state index in [1.807, 2.05) is 6.07 Å². The number of sulfonamides is 2. The third-order valence-electron chi connectivity index (χ3n) is 3.92. The Kier molecular flexibility index (Phi) is 5.69. The summed E-state index contributed by atoms with van der Waals surface area (Å²) in [7, 11) is -7.52. The molecule has 2 aromatic carbocycles. The van der Waals surface area contributed by atoms with Gasteiger partial charge < -0.3 is 0 Å². The predicted molar refractivity (Wildman–Crippen MR) is 100 cm³/mol. The Morgan fingerprint density at radius 2 is 1.58 bits per heavy atom. The van der Waals surface area contributed by atoms with Crippen LogP contribution in [0.15, 0.2) is 58.3 Å². The molecule has 0 unspecified atom stereocenters. The Morgan fingerprint density at radius 3 is 2.23 bits per heavy atom. The second-order valence-electron chi connectivity index (χ2n) is 6.15. The van der Waals surface area contributed by atoms with Gasteiger partial charge in [0.25, 0.3) is 0 Å². The molecule has 2 N–H and O–H groups in total. The fraction of sp³-hybridized carbons (Fsp3) is 0.294. The fourth-order valence-electron chi connectivity index (χ4n) is 2.40. The minimum atomic E-state index is -3.81. The quantitative estimate of drug-likeness (QED) is 0.693. The first-order valence-electron chi connectivity index (χ1n) is 8.13. The maximum atomic E-state index is 12.5. The van der Waals surface area contributed by atoms with Crippen LogP contribution in [0.4, 0.5) is 0 Å². The Morgan fingerprint density at radius 1 is 0.923 bits per heavy atom. The van der Waals surface area contributed by atoms with Crippen LogP contribution < -0.4 is 9.44 Å². The molecule has 0 aliphatic heterocycles. The Hall–Kier alpha value is -1.45. The lowest BCUT2D eigenvalue weighted by atomic mass is 10.2. The number of benzene rings is 2. The molecule has 1 fully saturated rings. The maximum absolute atomic E-state index is 12.5. The van der Waals surface area contributed by atoms with E-state index >= 15 is 0 Å². The first-order valence-corrected chi connectivity index (χ1v) is 11.5. The first-order chi connectivity index (χ1) is 12.3. The molecule has 26 heavy (non-hydrogen) atoms. The van der Waals surface area contributed by atoms with Gasteiger partial charge in [-0.15, -0.1) is 0 Å². The summed E-state index contributed by atoms with van der Waals surface area (Å²) in [6.07, 6.45) is 2.09. The van der Waals surface area contributed by atoms with Crippen molar-refractivity contribution in [1.29, 1.82) is 0 Å². The molecule has 6 nitrogen and oxygen atoms in total. The van der Waals surface area contributed by atoms with Crippen molar-refractivity contribution >= 4 is 31.6 Å². The summed E-state index contributed by atoms with van der Waals surface area (Å²) in [5.74, 6) is 0. The lowest BCUT2D eigenvalue weighted by Crippen LogP contribution is -2.28. The predicted octanol–water partition coefficient (Wildman–Crippen LogP) is 2.30. The van der Waals surface area contributed by atoms with Crippen molar-refractivity contribution in [3.05, 3.63) is 59.1 Å². The van der Waals surface area contributed by atoms with Gasteiger partial charge in [0, 0.05) is 17.6 Å². The summed E-state index contributed by atoms with van der Waals surface area (Å²) < 4.78 is 54.4. The summed E-state index contributed by atoms with van der Waals surface area (Å²) in [6, 6.07) is 12.5. The minimum Gasteiger partial charge on any atom is -0.211 e. The van der Waals surface area contributed by atoms with Crippen molar-refractivity contribution in [2.45, 2.75) is 35.1 Å². The highest BCUT2D eigenvalue weighted by Crippen LogP contribution is 2.23. The second-order valence-corrected chi connectivity index (χ2v) is 10.1. The van der Waals surface area contributed by atoms with Gasteiger partial charge in [-0.05, 0) is 55.2 Å². The zero-order chi connectivity index (χ0) is 18.8. The van der Waals surface area contributed by atoms with Crippen LogP contribution in [0.1, 0.15) is 18.4 Å². The lowest BCUT2D eigenvalue weighted by molar-refractivity contribution is 0.579. The highest BCUT2D eigenvalue weighted by atomic mass is 35.5. The van der Waals surface area contributed by atoms with Crippen LogP contribution in [0, 0.1) is 0 Å². The van der Waals surface area contributed by atoms with Gasteiger partial charge in [-0.2, -0.15) is 0 Å². The van der Waals surface area contributed by atoms with Gasteiger partial charge in [-0.1, -0.05) is 29.8 Å². The van der Waals surface area contributed by atoms with Crippen LogP contribution >= 0.6 is 11.6 Å². The zero-order valence-electron chi connectivity index (χ0n) is 13.9. The van der Waals surface area contributed by atoms with Gasteiger partial charge >= 0.3 is 0 Å². The molecule has 1 aliphatic carbocycles. The SMILES string of the molecule is O=S(=O)(NCCc1cccc(Cl)c1)c1cccc(S(=O)(=O)NC2CC2)c1. The summed E-state index contributed by atoms with van der Waals surface area (Å²) >= 11 is 5.91. The summed E-state index contributed by atoms with van der Waals surface area (Å²) in [4.78, 5) is -0.135. The lowest BCUT2D eigenvalue weighted by Gasteiger charge is -2.10. The molecule has 3 rings (SSSR count). The average Bonchev–Trinajstić information content (AvgIpc) is 3.38. The van der Waals surface area contributed by atoms with Gasteiger partial charge in [-0.25, -0.2) is 26.3 Å². The van der Waals surface area contributed by atoms with Gasteiger partial charge in [0.1, 0.15) is 0 Å². The second kappa shape index (κ2) is 7.66. The molecule has 140 valence electrons. The molecule has 0 atom stereocenters. The topological polar surface area (TPSA) is 92.3 Å². The van der Waals surface area contributed by atoms with Gasteiger partial charge in [-0.3, -0.25) is 0 Å². The van der Waals surface area contributed by atoms with Crippen LogP contribution in [0.3, 0.4) is 0 Å². The highest BCUT2D eigenvalue weighted by Gasteiger charge is 2.28. The molecule has 1 aliphatic rings. The normalized spacial score (nSPS) is 15.1. The van der Waals surface area contributed by atoms with E-state index in [1.54, 1.807) is 18.2 Å². The minimum absolute atomic E-state index is 0.0453. The fourth-order valence-corrected chi connectivity index (χ4v) is 5.12. The summed E-state index contributed by atoms with van der Waals surface area (Å²) in [5.41, 5.74) is 0.908. The van der Waals surface area contributed by atoms with E-state index in [0.29, 0.717) is 11.4 Å². The molecular weight excluding hydrogens is 396 g/mol. The Bertz CT molecular complexity index is 1000. The number of hydrogen-bond donors (Lipinski definition) is 2. The maximum Gasteiger partial charge on any atom is 0.240 e. The molecule has 0 bridgehead atoms. The molecule has 9 heteroatoms. The highest BCUT2D eigenvalue weighted by molar-refractivity contribution is 7.90. The van der Waals surface area contributed by atoms with Crippen molar-refractivity contribution in [2.75, 3.05) is 6.54 Å². The average molecular weight is 415 g/mol. The number of hydrogen-bond acceptors (Lipinski definition) is 4. The van der Waals surface area contributed by atoms with Gasteiger partial charge in [0.05, 0.1) is 9.79 Å². The van der Waals surface area contributed by atoms with Crippen LogP contribution in [-0.2, 0) is 26.5 Å². The number of halogens is 1. The molecular formula is C17H19ClN2O4S2. The standard InChI is InChI=1S/C17H19ClN2O4S2/c18-14-4-1-3-13(11-14)9-10-19-25(21,22)16-5-2-6-17(12-16)26(23,24)20-15-7-8-15/h1-6,11-12,15,19-20H,7-10H2. The van der Waals surface area contributed by atoms with Crippen LogP contribution in [0.5, 0.6) is 0 Å². The monoisotopic (exact) mass is 414 g/mol. The Labute approximate surface area is 158 Å². The zero-order valence-corrected chi connectivity index (χ0v) is 16.2. The van der Waals surface area contributed by atoms with E-state index in [2.05, 4.69) is 9.44 Å². The molecule has 2 aromatic rings. The van der Waals surface area contributed by atoms with Crippen LogP contribution in [-0.4, -0.2) is 29.4 Å². The third-order valence-corrected chi connectivity index (χ3v) is 7.13. The van der Waals surface area contributed by atoms with E-state index < -0.39 is 20.0 Å². The van der Waals surface area contributed by atoms with Gasteiger partial charge in [0.15, 0.2) is 0 Å². The Balaban J connectivity index is 1.69. The first kappa shape index (κ1) is 19.3. The van der Waals surface area contributed by atoms with E-state index in [1.165, 1.54) is 24.3 Å². The number of rotatable bonds is 8. The van der Waals surface area contributed by atoms with Crippen LogP contribution in [0.2, 0.25) is 5.02 Å². The van der Waals surface area contributed by atoms with E-state index in [9.17, 15) is 16.8 Å². The van der Waals surface area contributed by atoms with E-state index in [4.69, 9.17) is 11.6 Å². The number of nitrogens with one attached hydrogen (secondary N) is 2. The van der Waals surface area contributed by atoms with E-state index in [-0.39, 0.29) is 22.4 Å². The van der Waals surface area contributed by atoms with Crippen LogP contribution in [0.25, 0.3) is 0 Å². The third kappa shape index (κ3) is 5.05. The molecule has 0 heterocycles. The molecule has 0 spiro atoms. The van der Waals surface area contributed by atoms with Crippen molar-refractivity contribution in [2.24, 2.45) is 0 Å². The van der Waals surface area contributed by atoms with E-state index in [0.717, 1.165) is 18.4 Å². The van der Waals surface area contributed by atoms with Crippen molar-refractivity contribution in [3.8, 4) is 0 Å². The molecule has 0 saturated heterocycles. The van der Waals surface area contributed by atoms with Crippen molar-refractivity contribution in [3.63, 3.8) is 0 Å². The van der Waals surface area contributed by atoms with Crippen molar-refractivity contribution in [1.82, 2.24) is 9.44 Å². The largest absolute Gasteiger partial charge is 0.240 e.